The van der Waals surface area contributed by atoms with Crippen LogP contribution in [0.25, 0.3) is 0 Å². The molecule has 2 unspecified atom stereocenters. The van der Waals surface area contributed by atoms with E-state index in [1.165, 1.54) is 0 Å². The molecule has 1 aliphatic carbocycles. The first-order valence-corrected chi connectivity index (χ1v) is 6.88. The molecule has 0 saturated carbocycles. The number of amides is 1. The number of hydrogen-bond acceptors (Lipinski definition) is 2. The molecule has 4 heteroatoms. The normalized spacial score (nSPS) is 18.7. The number of allylic oxidation sites excluding steroid dienone is 2. The van der Waals surface area contributed by atoms with E-state index in [2.05, 4.69) is 11.4 Å². The summed E-state index contributed by atoms with van der Waals surface area (Å²) < 4.78 is 0. The third-order valence-electron chi connectivity index (χ3n) is 3.48. The maximum atomic E-state index is 11.9. The minimum Gasteiger partial charge on any atom is -0.480 e. The summed E-state index contributed by atoms with van der Waals surface area (Å²) in [5.74, 6) is -0.935. The molecule has 0 radical (unpaired) electrons. The highest BCUT2D eigenvalue weighted by atomic mass is 16.4. The van der Waals surface area contributed by atoms with Gasteiger partial charge in [0.2, 0.25) is 5.91 Å². The van der Waals surface area contributed by atoms with E-state index in [-0.39, 0.29) is 11.8 Å². The molecular formula is C16H19NO3. The lowest BCUT2D eigenvalue weighted by Crippen LogP contribution is -2.42. The number of carboxylic acid groups (broad SMARTS) is 1. The number of nitrogens with one attached hydrogen (secondary N) is 1. The molecule has 0 saturated heterocycles. The maximum Gasteiger partial charge on any atom is 0.326 e. The molecule has 0 aliphatic heterocycles. The van der Waals surface area contributed by atoms with E-state index in [1.807, 2.05) is 36.4 Å². The number of rotatable bonds is 6. The van der Waals surface area contributed by atoms with Crippen molar-refractivity contribution in [2.45, 2.75) is 31.7 Å². The van der Waals surface area contributed by atoms with Gasteiger partial charge >= 0.3 is 5.97 Å². The molecule has 2 rings (SSSR count). The Balaban J connectivity index is 1.90. The van der Waals surface area contributed by atoms with Gasteiger partial charge in [-0.05, 0) is 24.3 Å². The van der Waals surface area contributed by atoms with Crippen LogP contribution in [0.15, 0.2) is 42.5 Å². The second-order valence-corrected chi connectivity index (χ2v) is 5.12. The van der Waals surface area contributed by atoms with Crippen LogP contribution in [0, 0.1) is 5.92 Å². The molecule has 2 N–H and O–H groups in total. The molecule has 0 bridgehead atoms. The molecule has 4 nitrogen and oxygen atoms in total. The Hall–Kier alpha value is -2.10. The number of benzene rings is 1. The van der Waals surface area contributed by atoms with Crippen LogP contribution < -0.4 is 5.32 Å². The van der Waals surface area contributed by atoms with Crippen LogP contribution in [-0.4, -0.2) is 23.0 Å². The van der Waals surface area contributed by atoms with Crippen molar-refractivity contribution in [3.63, 3.8) is 0 Å². The maximum absolute atomic E-state index is 11.9. The Morgan fingerprint density at radius 3 is 2.65 bits per heavy atom. The summed E-state index contributed by atoms with van der Waals surface area (Å²) in [4.78, 5) is 23.1. The lowest BCUT2D eigenvalue weighted by Gasteiger charge is -2.16. The monoisotopic (exact) mass is 273 g/mol. The van der Waals surface area contributed by atoms with Crippen molar-refractivity contribution in [3.8, 4) is 0 Å². The Morgan fingerprint density at radius 1 is 1.30 bits per heavy atom. The SMILES string of the molecule is O=C(CC1C=CCC1)NC(Cc1ccccc1)C(=O)O. The zero-order chi connectivity index (χ0) is 14.4. The van der Waals surface area contributed by atoms with Gasteiger partial charge in [-0.2, -0.15) is 0 Å². The second kappa shape index (κ2) is 6.89. The van der Waals surface area contributed by atoms with Crippen LogP contribution in [0.5, 0.6) is 0 Å². The topological polar surface area (TPSA) is 66.4 Å². The first-order chi connectivity index (χ1) is 9.65. The second-order valence-electron chi connectivity index (χ2n) is 5.12. The standard InChI is InChI=1S/C16H19NO3/c18-15(11-13-8-4-5-9-13)17-14(16(19)20)10-12-6-2-1-3-7-12/h1-4,6-8,13-14H,5,9-11H2,(H,17,18)(H,19,20). The number of hydrogen-bond donors (Lipinski definition) is 2. The molecule has 1 aromatic carbocycles. The van der Waals surface area contributed by atoms with Gasteiger partial charge in [0.25, 0.3) is 0 Å². The first kappa shape index (κ1) is 14.3. The van der Waals surface area contributed by atoms with Crippen molar-refractivity contribution in [2.24, 2.45) is 5.92 Å². The minimum atomic E-state index is -0.996. The number of carbonyl (C=O) groups is 2. The number of carbonyl (C=O) groups excluding carboxylic acids is 1. The molecular weight excluding hydrogens is 254 g/mol. The Morgan fingerprint density at radius 2 is 2.05 bits per heavy atom. The third-order valence-corrected chi connectivity index (χ3v) is 3.48. The Bertz CT molecular complexity index is 496. The lowest BCUT2D eigenvalue weighted by atomic mass is 10.0. The highest BCUT2D eigenvalue weighted by Crippen LogP contribution is 2.20. The summed E-state index contributed by atoms with van der Waals surface area (Å²) in [6, 6.07) is 8.46. The number of aliphatic carboxylic acids is 1. The van der Waals surface area contributed by atoms with E-state index in [1.54, 1.807) is 0 Å². The van der Waals surface area contributed by atoms with Crippen molar-refractivity contribution in [1.82, 2.24) is 5.32 Å². The van der Waals surface area contributed by atoms with Crippen molar-refractivity contribution < 1.29 is 14.7 Å². The summed E-state index contributed by atoms with van der Waals surface area (Å²) in [6.45, 7) is 0. The minimum absolute atomic E-state index is 0.190. The van der Waals surface area contributed by atoms with Crippen LogP contribution in [0.3, 0.4) is 0 Å². The van der Waals surface area contributed by atoms with Gasteiger partial charge in [-0.3, -0.25) is 4.79 Å². The summed E-state index contributed by atoms with van der Waals surface area (Å²) in [5, 5.41) is 11.8. The highest BCUT2D eigenvalue weighted by molar-refractivity contribution is 5.84. The summed E-state index contributed by atoms with van der Waals surface area (Å²) in [5.41, 5.74) is 0.904. The van der Waals surface area contributed by atoms with Gasteiger partial charge in [0.05, 0.1) is 0 Å². The van der Waals surface area contributed by atoms with Gasteiger partial charge in [-0.25, -0.2) is 4.79 Å². The van der Waals surface area contributed by atoms with Crippen LogP contribution >= 0.6 is 0 Å². The average molecular weight is 273 g/mol. The van der Waals surface area contributed by atoms with E-state index < -0.39 is 12.0 Å². The van der Waals surface area contributed by atoms with Gasteiger partial charge in [0.15, 0.2) is 0 Å². The molecule has 0 spiro atoms. The average Bonchev–Trinajstić information content (AvgIpc) is 2.92. The molecule has 1 aromatic rings. The molecule has 106 valence electrons. The van der Waals surface area contributed by atoms with Crippen LogP contribution in [0.2, 0.25) is 0 Å². The lowest BCUT2D eigenvalue weighted by molar-refractivity contribution is -0.141. The summed E-state index contributed by atoms with van der Waals surface area (Å²) in [6.07, 6.45) is 6.76. The van der Waals surface area contributed by atoms with E-state index >= 15 is 0 Å². The summed E-state index contributed by atoms with van der Waals surface area (Å²) in [7, 11) is 0. The van der Waals surface area contributed by atoms with Crippen LogP contribution in [-0.2, 0) is 16.0 Å². The zero-order valence-electron chi connectivity index (χ0n) is 11.3. The first-order valence-electron chi connectivity index (χ1n) is 6.88. The molecule has 1 aliphatic rings. The molecule has 0 heterocycles. The fraction of sp³-hybridized carbons (Fsp3) is 0.375. The van der Waals surface area contributed by atoms with Gasteiger partial charge < -0.3 is 10.4 Å². The van der Waals surface area contributed by atoms with E-state index in [4.69, 9.17) is 0 Å². The van der Waals surface area contributed by atoms with Gasteiger partial charge in [0, 0.05) is 12.8 Å². The Kier molecular flexibility index (Phi) is 4.93. The predicted octanol–water partition coefficient (Wildman–Crippen LogP) is 2.15. The van der Waals surface area contributed by atoms with Crippen LogP contribution in [0.4, 0.5) is 0 Å². The quantitative estimate of drug-likeness (QED) is 0.780. The zero-order valence-corrected chi connectivity index (χ0v) is 11.3. The molecule has 2 atom stereocenters. The fourth-order valence-electron chi connectivity index (χ4n) is 2.41. The van der Waals surface area contributed by atoms with Crippen molar-refractivity contribution in [2.75, 3.05) is 0 Å². The smallest absolute Gasteiger partial charge is 0.326 e. The van der Waals surface area contributed by atoms with Crippen molar-refractivity contribution in [3.05, 3.63) is 48.0 Å². The largest absolute Gasteiger partial charge is 0.480 e. The summed E-state index contributed by atoms with van der Waals surface area (Å²) >= 11 is 0. The molecule has 0 fully saturated rings. The van der Waals surface area contributed by atoms with Crippen LogP contribution in [0.1, 0.15) is 24.8 Å². The number of carboxylic acids is 1. The van der Waals surface area contributed by atoms with Crippen molar-refractivity contribution in [1.29, 1.82) is 0 Å². The van der Waals surface area contributed by atoms with Gasteiger partial charge in [-0.15, -0.1) is 0 Å². The molecule has 20 heavy (non-hydrogen) atoms. The van der Waals surface area contributed by atoms with Gasteiger partial charge in [-0.1, -0.05) is 42.5 Å². The Labute approximate surface area is 118 Å². The van der Waals surface area contributed by atoms with Gasteiger partial charge in [0.1, 0.15) is 6.04 Å². The predicted molar refractivity (Wildman–Crippen MR) is 76.2 cm³/mol. The molecule has 0 aromatic heterocycles. The van der Waals surface area contributed by atoms with E-state index in [0.717, 1.165) is 18.4 Å². The highest BCUT2D eigenvalue weighted by Gasteiger charge is 2.22. The van der Waals surface area contributed by atoms with E-state index in [0.29, 0.717) is 12.8 Å². The van der Waals surface area contributed by atoms with Crippen molar-refractivity contribution >= 4 is 11.9 Å². The molecule has 1 amide bonds. The van der Waals surface area contributed by atoms with E-state index in [9.17, 15) is 14.7 Å². The fourth-order valence-corrected chi connectivity index (χ4v) is 2.41. The third kappa shape index (κ3) is 4.23.